The van der Waals surface area contributed by atoms with Gasteiger partial charge < -0.3 is 10.1 Å². The molecule has 0 fully saturated rings. The molecule has 2 amide bonds. The summed E-state index contributed by atoms with van der Waals surface area (Å²) in [5, 5.41) is 6.35. The normalized spacial score (nSPS) is 14.9. The Kier molecular flexibility index (Phi) is 5.35. The first kappa shape index (κ1) is 13.4. The summed E-state index contributed by atoms with van der Waals surface area (Å²) in [6.07, 6.45) is 0.683. The van der Waals surface area contributed by atoms with Crippen molar-refractivity contribution in [1.29, 1.82) is 0 Å². The first-order chi connectivity index (χ1) is 8.09. The van der Waals surface area contributed by atoms with Crippen LogP contribution in [0.4, 0.5) is 0 Å². The lowest BCUT2D eigenvalue weighted by Crippen LogP contribution is -2.38. The Labute approximate surface area is 100 Å². The van der Waals surface area contributed by atoms with Crippen LogP contribution in [-0.2, 0) is 14.3 Å². The Morgan fingerprint density at radius 3 is 2.94 bits per heavy atom. The quantitative estimate of drug-likeness (QED) is 0.504. The number of ether oxygens (including phenoxy) is 1. The molecule has 0 saturated heterocycles. The van der Waals surface area contributed by atoms with Crippen LogP contribution in [0, 0.1) is 0 Å². The van der Waals surface area contributed by atoms with E-state index >= 15 is 0 Å². The summed E-state index contributed by atoms with van der Waals surface area (Å²) in [4.78, 5) is 22.4. The molecule has 1 heterocycles. The van der Waals surface area contributed by atoms with Crippen LogP contribution in [0.25, 0.3) is 0 Å². The molecule has 94 valence electrons. The van der Waals surface area contributed by atoms with Gasteiger partial charge in [0.15, 0.2) is 0 Å². The fraction of sp³-hybridized carbons (Fsp3) is 0.545. The third-order valence-electron chi connectivity index (χ3n) is 2.05. The van der Waals surface area contributed by atoms with Crippen LogP contribution >= 0.6 is 0 Å². The Hall–Kier alpha value is -1.69. The highest BCUT2D eigenvalue weighted by atomic mass is 16.5. The summed E-state index contributed by atoms with van der Waals surface area (Å²) in [7, 11) is 0. The van der Waals surface area contributed by atoms with Crippen LogP contribution < -0.4 is 10.7 Å². The van der Waals surface area contributed by atoms with E-state index in [0.29, 0.717) is 38.3 Å². The number of carbonyl (C=O) groups is 2. The van der Waals surface area contributed by atoms with Gasteiger partial charge in [0.1, 0.15) is 5.71 Å². The van der Waals surface area contributed by atoms with Crippen LogP contribution in [0.5, 0.6) is 0 Å². The highest BCUT2D eigenvalue weighted by Gasteiger charge is 2.17. The van der Waals surface area contributed by atoms with Crippen LogP contribution in [0.15, 0.2) is 17.3 Å². The minimum Gasteiger partial charge on any atom is -0.375 e. The largest absolute Gasteiger partial charge is 0.375 e. The number of amides is 2. The average molecular weight is 239 g/mol. The smallest absolute Gasteiger partial charge is 0.267 e. The summed E-state index contributed by atoms with van der Waals surface area (Å²) in [6.45, 7) is 6.91. The van der Waals surface area contributed by atoms with Gasteiger partial charge in [-0.2, -0.15) is 5.10 Å². The van der Waals surface area contributed by atoms with Gasteiger partial charge in [-0.25, -0.2) is 5.43 Å². The molecule has 0 spiro atoms. The Bertz CT molecular complexity index is 350. The number of nitrogens with one attached hydrogen (secondary N) is 2. The van der Waals surface area contributed by atoms with Gasteiger partial charge in [0, 0.05) is 19.4 Å². The molecule has 6 nitrogen and oxygen atoms in total. The number of hydrazone groups is 1. The predicted octanol–water partition coefficient (Wildman–Crippen LogP) is -0.0387. The predicted molar refractivity (Wildman–Crippen MR) is 63.5 cm³/mol. The number of rotatable bonds is 6. The minimum atomic E-state index is -0.260. The molecule has 0 aromatic rings. The van der Waals surface area contributed by atoms with E-state index in [4.69, 9.17) is 4.74 Å². The molecular weight excluding hydrogens is 222 g/mol. The van der Waals surface area contributed by atoms with Crippen molar-refractivity contribution in [2.24, 2.45) is 5.10 Å². The second-order valence-corrected chi connectivity index (χ2v) is 3.86. The van der Waals surface area contributed by atoms with Gasteiger partial charge in [-0.15, -0.1) is 0 Å². The van der Waals surface area contributed by atoms with Crippen LogP contribution in [-0.4, -0.2) is 37.3 Å². The maximum atomic E-state index is 11.5. The zero-order valence-corrected chi connectivity index (χ0v) is 9.91. The monoisotopic (exact) mass is 239 g/mol. The highest BCUT2D eigenvalue weighted by Crippen LogP contribution is 1.99. The van der Waals surface area contributed by atoms with Gasteiger partial charge in [-0.05, 0) is 6.92 Å². The summed E-state index contributed by atoms with van der Waals surface area (Å²) in [5.74, 6) is -0.421. The lowest BCUT2D eigenvalue weighted by molar-refractivity contribution is -0.121. The summed E-state index contributed by atoms with van der Waals surface area (Å²) >= 11 is 0. The second-order valence-electron chi connectivity index (χ2n) is 3.86. The topological polar surface area (TPSA) is 79.8 Å². The zero-order valence-electron chi connectivity index (χ0n) is 9.91. The molecule has 6 heteroatoms. The molecule has 1 aliphatic heterocycles. The van der Waals surface area contributed by atoms with Crippen molar-refractivity contribution in [2.45, 2.75) is 19.8 Å². The van der Waals surface area contributed by atoms with Crippen molar-refractivity contribution < 1.29 is 14.3 Å². The molecule has 17 heavy (non-hydrogen) atoms. The van der Waals surface area contributed by atoms with Gasteiger partial charge >= 0.3 is 0 Å². The SMILES string of the molecule is C=C(C)COCCNC(=O)C1=NNC(=O)CC1. The van der Waals surface area contributed by atoms with E-state index in [0.717, 1.165) is 5.57 Å². The summed E-state index contributed by atoms with van der Waals surface area (Å²) < 4.78 is 5.23. The van der Waals surface area contributed by atoms with Gasteiger partial charge in [0.2, 0.25) is 5.91 Å². The number of hydrogen-bond donors (Lipinski definition) is 2. The van der Waals surface area contributed by atoms with E-state index in [9.17, 15) is 9.59 Å². The molecule has 2 N–H and O–H groups in total. The standard InChI is InChI=1S/C11H17N3O3/c1-8(2)7-17-6-5-12-11(16)9-3-4-10(15)14-13-9/h1,3-7H2,2H3,(H,12,16)(H,14,15). The van der Waals surface area contributed by atoms with Crippen molar-refractivity contribution >= 4 is 17.5 Å². The lowest BCUT2D eigenvalue weighted by Gasteiger charge is -2.11. The Balaban J connectivity index is 2.17. The van der Waals surface area contributed by atoms with Crippen molar-refractivity contribution in [3.05, 3.63) is 12.2 Å². The Morgan fingerprint density at radius 1 is 1.59 bits per heavy atom. The maximum Gasteiger partial charge on any atom is 0.267 e. The molecule has 1 rings (SSSR count). The van der Waals surface area contributed by atoms with Crippen molar-refractivity contribution in [2.75, 3.05) is 19.8 Å². The van der Waals surface area contributed by atoms with E-state index in [1.54, 1.807) is 0 Å². The lowest BCUT2D eigenvalue weighted by atomic mass is 10.1. The molecule has 0 aromatic heterocycles. The van der Waals surface area contributed by atoms with Crippen molar-refractivity contribution in [3.8, 4) is 0 Å². The number of carbonyl (C=O) groups excluding carboxylic acids is 2. The van der Waals surface area contributed by atoms with E-state index in [1.807, 2.05) is 6.92 Å². The summed E-state index contributed by atoms with van der Waals surface area (Å²) in [6, 6.07) is 0. The van der Waals surface area contributed by atoms with Gasteiger partial charge in [-0.3, -0.25) is 9.59 Å². The fourth-order valence-electron chi connectivity index (χ4n) is 1.22. The minimum absolute atomic E-state index is 0.161. The van der Waals surface area contributed by atoms with Crippen molar-refractivity contribution in [3.63, 3.8) is 0 Å². The van der Waals surface area contributed by atoms with E-state index in [-0.39, 0.29) is 11.8 Å². The number of hydrogen-bond acceptors (Lipinski definition) is 4. The maximum absolute atomic E-state index is 11.5. The molecule has 0 bridgehead atoms. The molecule has 1 aliphatic rings. The first-order valence-electron chi connectivity index (χ1n) is 5.45. The van der Waals surface area contributed by atoms with Crippen LogP contribution in [0.1, 0.15) is 19.8 Å². The molecule has 0 saturated carbocycles. The fourth-order valence-corrected chi connectivity index (χ4v) is 1.22. The molecule has 0 unspecified atom stereocenters. The van der Waals surface area contributed by atoms with Gasteiger partial charge in [0.05, 0.1) is 13.2 Å². The molecule has 0 aromatic carbocycles. The third-order valence-corrected chi connectivity index (χ3v) is 2.05. The van der Waals surface area contributed by atoms with E-state index in [2.05, 4.69) is 22.4 Å². The molecule has 0 aliphatic carbocycles. The first-order valence-corrected chi connectivity index (χ1v) is 5.45. The number of nitrogens with zero attached hydrogens (tertiary/aromatic N) is 1. The molecule has 0 atom stereocenters. The molecular formula is C11H17N3O3. The molecule has 0 radical (unpaired) electrons. The second kappa shape index (κ2) is 6.80. The summed E-state index contributed by atoms with van der Waals surface area (Å²) in [5.41, 5.74) is 3.57. The van der Waals surface area contributed by atoms with Gasteiger partial charge in [-0.1, -0.05) is 12.2 Å². The van der Waals surface area contributed by atoms with Gasteiger partial charge in [0.25, 0.3) is 5.91 Å². The highest BCUT2D eigenvalue weighted by molar-refractivity contribution is 6.39. The van der Waals surface area contributed by atoms with E-state index < -0.39 is 0 Å². The zero-order chi connectivity index (χ0) is 12.7. The Morgan fingerprint density at radius 2 is 2.35 bits per heavy atom. The van der Waals surface area contributed by atoms with Crippen LogP contribution in [0.2, 0.25) is 0 Å². The average Bonchev–Trinajstić information content (AvgIpc) is 2.29. The van der Waals surface area contributed by atoms with Crippen LogP contribution in [0.3, 0.4) is 0 Å². The third kappa shape index (κ3) is 5.26. The van der Waals surface area contributed by atoms with E-state index in [1.165, 1.54) is 0 Å². The van der Waals surface area contributed by atoms with Crippen molar-refractivity contribution in [1.82, 2.24) is 10.7 Å².